The Morgan fingerprint density at radius 1 is 0.812 bits per heavy atom. The predicted molar refractivity (Wildman–Crippen MR) is 207 cm³/mol. The minimum atomic E-state index is 0.0534. The summed E-state index contributed by atoms with van der Waals surface area (Å²) < 4.78 is 6.14. The minimum Gasteiger partial charge on any atom is -0.462 e. The Labute approximate surface area is 298 Å². The molecule has 3 saturated carbocycles. The summed E-state index contributed by atoms with van der Waals surface area (Å²) in [4.78, 5) is 12.8. The van der Waals surface area contributed by atoms with Gasteiger partial charge in [-0.3, -0.25) is 4.79 Å². The van der Waals surface area contributed by atoms with Gasteiger partial charge in [0.25, 0.3) is 0 Å². The minimum absolute atomic E-state index is 0.0534. The van der Waals surface area contributed by atoms with Crippen LogP contribution < -0.4 is 0 Å². The molecule has 3 fully saturated rings. The van der Waals surface area contributed by atoms with Crippen LogP contribution in [0.5, 0.6) is 0 Å². The number of esters is 1. The number of fused-ring (bicyclic) bond motifs is 5. The van der Waals surface area contributed by atoms with Crippen molar-refractivity contribution in [3.05, 3.63) is 48.1 Å². The van der Waals surface area contributed by atoms with Gasteiger partial charge in [-0.2, -0.15) is 0 Å². The van der Waals surface area contributed by atoms with Gasteiger partial charge in [-0.1, -0.05) is 129 Å². The maximum atomic E-state index is 12.8. The van der Waals surface area contributed by atoms with Crippen LogP contribution in [0, 0.1) is 52.3 Å². The SMILES string of the molecule is CCCCC/C=C\C/C=C\CCCCCCCC(=O)O[C@H]1CC[C@@]2(C)C(CC=C3C2CC[C@@]2(C)C3CC[C@@H]2[C@H](C)/C=C/[C@H](C)C(C)C)C1. The molecule has 0 N–H and O–H groups in total. The van der Waals surface area contributed by atoms with Crippen LogP contribution in [-0.2, 0) is 9.53 Å². The standard InChI is InChI=1S/C46H76O2/c1-8-9-10-11-12-13-14-15-16-17-18-19-20-21-22-23-44(47)48-39-30-32-45(6)38(34-39)26-27-40-42-29-28-41(46(42,7)33-31-43(40)45)37(5)25-24-36(4)35(2)3/h12-13,15-16,24-25,27,35-39,41-43H,8-11,14,17-23,26,28-34H2,1-7H3/b13-12-,16-15-,25-24+/t36-,37+,38?,39-,41+,42?,43?,45-,46+/m0/s1. The highest BCUT2D eigenvalue weighted by Crippen LogP contribution is 2.67. The molecule has 0 bridgehead atoms. The first kappa shape index (κ1) is 39.2. The summed E-state index contributed by atoms with van der Waals surface area (Å²) >= 11 is 0. The highest BCUT2D eigenvalue weighted by molar-refractivity contribution is 5.69. The van der Waals surface area contributed by atoms with E-state index >= 15 is 0 Å². The molecule has 9 atom stereocenters. The van der Waals surface area contributed by atoms with E-state index in [0.717, 1.165) is 49.9 Å². The molecule has 4 aliphatic rings. The van der Waals surface area contributed by atoms with Crippen molar-refractivity contribution >= 4 is 5.97 Å². The van der Waals surface area contributed by atoms with E-state index in [-0.39, 0.29) is 12.1 Å². The lowest BCUT2D eigenvalue weighted by molar-refractivity contribution is -0.155. The highest BCUT2D eigenvalue weighted by Gasteiger charge is 2.58. The van der Waals surface area contributed by atoms with Crippen molar-refractivity contribution < 1.29 is 9.53 Å². The first-order valence-corrected chi connectivity index (χ1v) is 21.0. The van der Waals surface area contributed by atoms with Crippen LogP contribution in [0.25, 0.3) is 0 Å². The van der Waals surface area contributed by atoms with E-state index < -0.39 is 0 Å². The van der Waals surface area contributed by atoms with E-state index in [2.05, 4.69) is 91.0 Å². The fraction of sp³-hybridized carbons (Fsp3) is 0.804. The monoisotopic (exact) mass is 661 g/mol. The summed E-state index contributed by atoms with van der Waals surface area (Å²) in [5, 5.41) is 0. The van der Waals surface area contributed by atoms with Crippen LogP contribution in [-0.4, -0.2) is 12.1 Å². The molecule has 0 aromatic rings. The molecule has 0 aromatic heterocycles. The fourth-order valence-corrected chi connectivity index (χ4v) is 10.5. The Morgan fingerprint density at radius 2 is 1.48 bits per heavy atom. The van der Waals surface area contributed by atoms with E-state index in [4.69, 9.17) is 4.74 Å². The molecule has 2 nitrogen and oxygen atoms in total. The summed E-state index contributed by atoms with van der Waals surface area (Å²) in [5.74, 6) is 5.07. The molecule has 0 saturated heterocycles. The fourth-order valence-electron chi connectivity index (χ4n) is 10.5. The van der Waals surface area contributed by atoms with Gasteiger partial charge in [0.1, 0.15) is 6.10 Å². The molecule has 272 valence electrons. The predicted octanol–water partition coefficient (Wildman–Crippen LogP) is 13.8. The van der Waals surface area contributed by atoms with E-state index in [0.29, 0.717) is 40.9 Å². The molecule has 0 spiro atoms. The van der Waals surface area contributed by atoms with Gasteiger partial charge in [-0.15, -0.1) is 0 Å². The molecule has 0 aliphatic heterocycles. The summed E-state index contributed by atoms with van der Waals surface area (Å²) in [6.07, 6.45) is 41.2. The zero-order chi connectivity index (χ0) is 34.6. The second-order valence-corrected chi connectivity index (χ2v) is 17.7. The maximum absolute atomic E-state index is 12.8. The molecular formula is C46H76O2. The Balaban J connectivity index is 1.15. The van der Waals surface area contributed by atoms with E-state index in [1.165, 1.54) is 89.9 Å². The molecule has 0 amide bonds. The van der Waals surface area contributed by atoms with Gasteiger partial charge in [-0.05, 0) is 142 Å². The van der Waals surface area contributed by atoms with Crippen LogP contribution in [0.4, 0.5) is 0 Å². The van der Waals surface area contributed by atoms with Gasteiger partial charge in [0, 0.05) is 6.42 Å². The lowest BCUT2D eigenvalue weighted by Gasteiger charge is -2.58. The van der Waals surface area contributed by atoms with Crippen molar-refractivity contribution in [3.63, 3.8) is 0 Å². The highest BCUT2D eigenvalue weighted by atomic mass is 16.5. The molecule has 4 aliphatic carbocycles. The van der Waals surface area contributed by atoms with E-state index in [1.807, 2.05) is 5.57 Å². The van der Waals surface area contributed by atoms with Gasteiger partial charge in [0.2, 0.25) is 0 Å². The van der Waals surface area contributed by atoms with Crippen molar-refractivity contribution in [1.29, 1.82) is 0 Å². The van der Waals surface area contributed by atoms with Gasteiger partial charge in [-0.25, -0.2) is 0 Å². The van der Waals surface area contributed by atoms with Crippen molar-refractivity contribution in [1.82, 2.24) is 0 Å². The van der Waals surface area contributed by atoms with Crippen LogP contribution in [0.3, 0.4) is 0 Å². The van der Waals surface area contributed by atoms with Crippen LogP contribution in [0.1, 0.15) is 177 Å². The third-order valence-corrected chi connectivity index (χ3v) is 14.1. The van der Waals surface area contributed by atoms with Crippen LogP contribution in [0.15, 0.2) is 48.1 Å². The zero-order valence-electron chi connectivity index (χ0n) is 32.6. The summed E-state index contributed by atoms with van der Waals surface area (Å²) in [6.45, 7) is 17.1. The van der Waals surface area contributed by atoms with Crippen molar-refractivity contribution in [2.24, 2.45) is 52.3 Å². The second kappa shape index (κ2) is 19.2. The van der Waals surface area contributed by atoms with Crippen LogP contribution in [0.2, 0.25) is 0 Å². The zero-order valence-corrected chi connectivity index (χ0v) is 32.6. The maximum Gasteiger partial charge on any atom is 0.306 e. The largest absolute Gasteiger partial charge is 0.462 e. The van der Waals surface area contributed by atoms with Crippen molar-refractivity contribution in [2.75, 3.05) is 0 Å². The number of rotatable bonds is 19. The Bertz CT molecular complexity index is 1090. The first-order valence-electron chi connectivity index (χ1n) is 21.0. The topological polar surface area (TPSA) is 26.3 Å². The summed E-state index contributed by atoms with van der Waals surface area (Å²) in [6, 6.07) is 0. The number of unbranched alkanes of at least 4 members (excludes halogenated alkanes) is 8. The third-order valence-electron chi connectivity index (χ3n) is 14.1. The number of allylic oxidation sites excluding steroid dienone is 8. The second-order valence-electron chi connectivity index (χ2n) is 17.7. The summed E-state index contributed by atoms with van der Waals surface area (Å²) in [5.41, 5.74) is 2.67. The number of ether oxygens (including phenoxy) is 1. The smallest absolute Gasteiger partial charge is 0.306 e. The Hall–Kier alpha value is -1.57. The average molecular weight is 661 g/mol. The lowest BCUT2D eigenvalue weighted by Crippen LogP contribution is -2.50. The lowest BCUT2D eigenvalue weighted by atomic mass is 9.47. The molecule has 48 heavy (non-hydrogen) atoms. The molecule has 4 rings (SSSR count). The van der Waals surface area contributed by atoms with Gasteiger partial charge in [0.15, 0.2) is 0 Å². The summed E-state index contributed by atoms with van der Waals surface area (Å²) in [7, 11) is 0. The molecular weight excluding hydrogens is 585 g/mol. The van der Waals surface area contributed by atoms with Crippen molar-refractivity contribution in [2.45, 2.75) is 183 Å². The van der Waals surface area contributed by atoms with Gasteiger partial charge >= 0.3 is 5.97 Å². The quantitative estimate of drug-likeness (QED) is 0.0783. The molecule has 0 heterocycles. The first-order chi connectivity index (χ1) is 23.1. The normalized spacial score (nSPS) is 33.2. The van der Waals surface area contributed by atoms with Crippen LogP contribution >= 0.6 is 0 Å². The third kappa shape index (κ3) is 10.2. The van der Waals surface area contributed by atoms with Gasteiger partial charge < -0.3 is 4.74 Å². The Kier molecular flexibility index (Phi) is 15.6. The van der Waals surface area contributed by atoms with E-state index in [1.54, 1.807) is 0 Å². The van der Waals surface area contributed by atoms with Gasteiger partial charge in [0.05, 0.1) is 0 Å². The number of hydrogen-bond acceptors (Lipinski definition) is 2. The number of hydrogen-bond donors (Lipinski definition) is 0. The average Bonchev–Trinajstić information content (AvgIpc) is 3.42. The molecule has 3 unspecified atom stereocenters. The Morgan fingerprint density at radius 3 is 2.21 bits per heavy atom. The molecule has 2 heteroatoms. The number of carbonyl (C=O) groups excluding carboxylic acids is 1. The van der Waals surface area contributed by atoms with E-state index in [9.17, 15) is 4.79 Å². The number of carbonyl (C=O) groups is 1. The molecule has 0 radical (unpaired) electrons. The molecule has 0 aromatic carbocycles. The van der Waals surface area contributed by atoms with Crippen molar-refractivity contribution in [3.8, 4) is 0 Å².